The van der Waals surface area contributed by atoms with Crippen LogP contribution in [-0.4, -0.2) is 11.0 Å². The summed E-state index contributed by atoms with van der Waals surface area (Å²) >= 11 is 0. The molecule has 8 heteroatoms. The summed E-state index contributed by atoms with van der Waals surface area (Å²) < 4.78 is 0. The van der Waals surface area contributed by atoms with Gasteiger partial charge in [0, 0.05) is 20.4 Å². The molecule has 46 valence electrons. The molecule has 0 unspecified atom stereocenters. The molecular weight excluding hydrogens is 274 g/mol. The molecule has 0 spiro atoms. The van der Waals surface area contributed by atoms with Crippen molar-refractivity contribution in [2.45, 2.75) is 0 Å². The van der Waals surface area contributed by atoms with Crippen molar-refractivity contribution in [2.75, 3.05) is 0 Å². The summed E-state index contributed by atoms with van der Waals surface area (Å²) in [5.41, 5.74) is -0.716. The molecule has 0 atom stereocenters. The molecule has 9 heavy (non-hydrogen) atoms. The van der Waals surface area contributed by atoms with Gasteiger partial charge in [-0.05, 0) is 0 Å². The summed E-state index contributed by atoms with van der Waals surface area (Å²) in [6.45, 7) is 0. The first kappa shape index (κ1) is 22.7. The first-order valence-corrected chi connectivity index (χ1v) is 3.27. The van der Waals surface area contributed by atoms with Gasteiger partial charge in [0.15, 0.2) is 5.71 Å². The molecule has 0 aromatic carbocycles. The van der Waals surface area contributed by atoms with Crippen molar-refractivity contribution in [3.05, 3.63) is 0 Å². The van der Waals surface area contributed by atoms with E-state index in [9.17, 15) is 4.79 Å². The normalized spacial score (nSPS) is 6.44. The van der Waals surface area contributed by atoms with Crippen LogP contribution in [0.3, 0.4) is 0 Å². The molecule has 3 nitrogen and oxygen atoms in total. The Bertz CT molecular complexity index is 57.8. The van der Waals surface area contributed by atoms with E-state index in [1.54, 1.807) is 0 Å². The van der Waals surface area contributed by atoms with Gasteiger partial charge in [-0.3, -0.25) is 4.79 Å². The second kappa shape index (κ2) is 17.2. The van der Waals surface area contributed by atoms with Gasteiger partial charge in [0.2, 0.25) is 0 Å². The molecule has 0 saturated heterocycles. The van der Waals surface area contributed by atoms with Gasteiger partial charge >= 0.3 is 59.1 Å². The Morgan fingerprint density at radius 1 is 1.56 bits per heavy atom. The van der Waals surface area contributed by atoms with Crippen molar-refractivity contribution in [3.63, 3.8) is 0 Å². The summed E-state index contributed by atoms with van der Waals surface area (Å²) in [6.07, 6.45) is 0. The molecule has 0 radical (unpaired) electrons. The molecule has 0 bridgehead atoms. The third kappa shape index (κ3) is 18.2. The predicted octanol–water partition coefficient (Wildman–Crippen LogP) is -4.39. The fourth-order valence-electron chi connectivity index (χ4n) is 0.0204. The Hall–Kier alpha value is 2.95. The number of hydrogen-bond acceptors (Lipinski definition) is 3. The zero-order valence-corrected chi connectivity index (χ0v) is 12.5. The molecule has 0 aliphatic carbocycles. The Morgan fingerprint density at radius 2 is 1.89 bits per heavy atom. The minimum Gasteiger partial charge on any atom is -0.745 e. The fourth-order valence-corrected chi connectivity index (χ4v) is 0.184. The van der Waals surface area contributed by atoms with Crippen LogP contribution in [0.4, 0.5) is 4.79 Å². The summed E-state index contributed by atoms with van der Waals surface area (Å²) in [4.78, 5) is 12.8. The second-order valence-electron chi connectivity index (χ2n) is 0.469. The molecule has 0 amide bonds. The van der Waals surface area contributed by atoms with E-state index in [1.807, 2.05) is 0 Å². The number of hydrogen-bond donors (Lipinski definition) is 1. The summed E-state index contributed by atoms with van der Waals surface area (Å²) in [7, 11) is 2.98. The number of carbonyl (C=O) groups excluding carboxylic acids is 1. The second-order valence-corrected chi connectivity index (χ2v) is 1.73. The van der Waals surface area contributed by atoms with E-state index < -0.39 is 5.71 Å². The van der Waals surface area contributed by atoms with E-state index >= 15 is 0 Å². The van der Waals surface area contributed by atoms with Crippen molar-refractivity contribution in [2.24, 2.45) is 0 Å². The van der Waals surface area contributed by atoms with Gasteiger partial charge in [0.25, 0.3) is 0 Å². The molecule has 1 N–H and O–H groups in total. The van der Waals surface area contributed by atoms with Crippen molar-refractivity contribution in [1.29, 1.82) is 0 Å². The van der Waals surface area contributed by atoms with Crippen LogP contribution in [-0.2, 0) is 25.3 Å². The summed E-state index contributed by atoms with van der Waals surface area (Å²) in [6, 6.07) is 0. The van der Waals surface area contributed by atoms with Crippen LogP contribution >= 0.6 is 17.2 Å². The Labute approximate surface area is 115 Å². The van der Waals surface area contributed by atoms with Crippen LogP contribution in [0.1, 0.15) is 0 Å². The van der Waals surface area contributed by atoms with Crippen LogP contribution < -0.4 is 59.1 Å². The van der Waals surface area contributed by atoms with Gasteiger partial charge in [0.1, 0.15) is 0 Å². The van der Waals surface area contributed by atoms with Crippen molar-refractivity contribution in [1.82, 2.24) is 0 Å². The van der Waals surface area contributed by atoms with Crippen molar-refractivity contribution in [3.8, 4) is 0 Å². The van der Waals surface area contributed by atoms with E-state index in [4.69, 9.17) is 5.26 Å². The topological polar surface area (TPSA) is 46.5 Å². The third-order valence-electron chi connectivity index (χ3n) is 0.169. The Balaban J connectivity index is -0.0000000417. The van der Waals surface area contributed by atoms with Crippen LogP contribution in [0.25, 0.3) is 0 Å². The molecule has 0 aliphatic rings. The number of carbonyl (C=O) groups is 1. The standard InChI is InChI=1S/CH2O3P2.2Na.Pd/c2-1(4-3)6-5;;;/h3,5H;;;/q-2;2*+1;. The van der Waals surface area contributed by atoms with E-state index in [-0.39, 0.29) is 87.8 Å². The van der Waals surface area contributed by atoms with Gasteiger partial charge in [-0.15, -0.1) is 0 Å². The average molecular weight is 276 g/mol. The molecule has 0 aromatic rings. The maximum absolute atomic E-state index is 9.65. The van der Waals surface area contributed by atoms with Gasteiger partial charge in [-0.2, -0.15) is 0 Å². The molecule has 0 saturated carbocycles. The first-order valence-electron chi connectivity index (χ1n) is 1.04. The Kier molecular flexibility index (Phi) is 43.2. The molecule has 0 aliphatic heterocycles. The molecule has 0 rings (SSSR count). The third-order valence-corrected chi connectivity index (χ3v) is 0.981. The molecular formula is CH2Na2O3P2Pd. The fraction of sp³-hybridized carbons (Fsp3) is 0. The summed E-state index contributed by atoms with van der Waals surface area (Å²) in [5.74, 6) is 0. The molecule has 0 heterocycles. The van der Waals surface area contributed by atoms with E-state index in [1.165, 1.54) is 0 Å². The quantitative estimate of drug-likeness (QED) is 0.228. The monoisotopic (exact) mass is 276 g/mol. The van der Waals surface area contributed by atoms with Crippen LogP contribution in [0.15, 0.2) is 0 Å². The zero-order valence-electron chi connectivity index (χ0n) is 5.03. The summed E-state index contributed by atoms with van der Waals surface area (Å²) in [5, 5.41) is 7.45. The van der Waals surface area contributed by atoms with Gasteiger partial charge in [0.05, 0.1) is 0 Å². The zero-order chi connectivity index (χ0) is 4.99. The number of rotatable bonds is 1. The maximum atomic E-state index is 9.65. The Morgan fingerprint density at radius 3 is 1.89 bits per heavy atom. The molecule has 0 fully saturated rings. The SMILES string of the molecule is O=C(OO)[P-][PH-].[Na+].[Na+].[Pd]. The maximum Gasteiger partial charge on any atom is 1.00 e. The molecule has 0 aromatic heterocycles. The smallest absolute Gasteiger partial charge is 0.745 e. The predicted molar refractivity (Wildman–Crippen MR) is 24.3 cm³/mol. The first-order chi connectivity index (χ1) is 2.81. The van der Waals surface area contributed by atoms with Gasteiger partial charge in [-0.25, -0.2) is 5.26 Å². The van der Waals surface area contributed by atoms with Crippen LogP contribution in [0.5, 0.6) is 0 Å². The van der Waals surface area contributed by atoms with E-state index in [0.29, 0.717) is 0 Å². The largest absolute Gasteiger partial charge is 1.00 e. The van der Waals surface area contributed by atoms with Gasteiger partial charge in [-0.1, -0.05) is 0 Å². The minimum atomic E-state index is -0.716. The van der Waals surface area contributed by atoms with Crippen molar-refractivity contribution >= 4 is 22.9 Å². The van der Waals surface area contributed by atoms with E-state index in [2.05, 4.69) is 13.8 Å². The minimum absolute atomic E-state index is 0. The van der Waals surface area contributed by atoms with E-state index in [0.717, 1.165) is 0 Å². The van der Waals surface area contributed by atoms with Gasteiger partial charge < -0.3 is 22.1 Å². The van der Waals surface area contributed by atoms with Crippen LogP contribution in [0, 0.1) is 0 Å². The average Bonchev–Trinajstić information content (AvgIpc) is 1.65. The van der Waals surface area contributed by atoms with Crippen molar-refractivity contribution < 1.29 is 94.5 Å². The van der Waals surface area contributed by atoms with Crippen LogP contribution in [0.2, 0.25) is 0 Å².